The van der Waals surface area contributed by atoms with Gasteiger partial charge in [0.15, 0.2) is 11.6 Å². The lowest BCUT2D eigenvalue weighted by atomic mass is 10.1. The van der Waals surface area contributed by atoms with E-state index in [2.05, 4.69) is 50.8 Å². The third-order valence-electron chi connectivity index (χ3n) is 6.83. The van der Waals surface area contributed by atoms with Crippen LogP contribution in [0.2, 0.25) is 0 Å². The summed E-state index contributed by atoms with van der Waals surface area (Å²) in [6.07, 6.45) is 18.6. The summed E-state index contributed by atoms with van der Waals surface area (Å²) in [6.45, 7) is 6.01. The summed E-state index contributed by atoms with van der Waals surface area (Å²) in [5.41, 5.74) is 5.28. The van der Waals surface area contributed by atoms with E-state index >= 15 is 0 Å². The summed E-state index contributed by atoms with van der Waals surface area (Å²) in [5, 5.41) is 15.6. The van der Waals surface area contributed by atoms with Gasteiger partial charge in [-0.25, -0.2) is 8.78 Å². The predicted octanol–water partition coefficient (Wildman–Crippen LogP) is 10.1. The number of ether oxygens (including phenoxy) is 1. The fourth-order valence-electron chi connectivity index (χ4n) is 4.23. The molecule has 0 atom stereocenters. The second-order valence-corrected chi connectivity index (χ2v) is 10.4. The van der Waals surface area contributed by atoms with Gasteiger partial charge in [0.2, 0.25) is 5.82 Å². The maximum atomic E-state index is 13.9. The fraction of sp³-hybridized carbons (Fsp3) is 0.200. The first-order chi connectivity index (χ1) is 23.4. The van der Waals surface area contributed by atoms with Crippen molar-refractivity contribution in [3.63, 3.8) is 0 Å². The Hall–Kier alpha value is -5.37. The van der Waals surface area contributed by atoms with E-state index in [1.807, 2.05) is 56.3 Å². The minimum atomic E-state index is -1.02. The van der Waals surface area contributed by atoms with E-state index in [-0.39, 0.29) is 23.7 Å². The molecule has 0 aliphatic heterocycles. The van der Waals surface area contributed by atoms with Crippen LogP contribution in [0.3, 0.4) is 0 Å². The Morgan fingerprint density at radius 2 is 0.979 bits per heavy atom. The predicted molar refractivity (Wildman–Crippen MR) is 193 cm³/mol. The molecule has 4 rings (SSSR count). The van der Waals surface area contributed by atoms with E-state index < -0.39 is 11.6 Å². The van der Waals surface area contributed by atoms with Crippen molar-refractivity contribution in [3.05, 3.63) is 160 Å². The zero-order valence-corrected chi connectivity index (χ0v) is 27.6. The number of aryl methyl sites for hydroxylation is 2. The van der Waals surface area contributed by atoms with Gasteiger partial charge >= 0.3 is 0 Å². The molecule has 5 nitrogen and oxygen atoms in total. The molecule has 0 aliphatic rings. The van der Waals surface area contributed by atoms with Crippen LogP contribution in [0, 0.1) is 17.5 Å². The molecular formula is C40H41F3N4O. The molecule has 0 aliphatic carbocycles. The average Bonchev–Trinajstić information content (AvgIpc) is 3.10. The molecule has 0 spiro atoms. The standard InChI is InChI=1S/C21H22F2N2O.C19H19FN2/c1-3-5-6-7-16-8-10-17(11-9-16)14-24-25-15-18-12-13-19(26-4-2)21(23)20(18)22;1-2-3-4-5-16-6-8-17(9-7-16)14-21-22-15-18-10-12-19(20)13-11-18/h3,5,8-15H,4,6-7H2,1-2H3;2-3,6-15H,4-5H2,1H3. The van der Waals surface area contributed by atoms with E-state index in [9.17, 15) is 13.2 Å². The van der Waals surface area contributed by atoms with Crippen LogP contribution < -0.4 is 4.74 Å². The van der Waals surface area contributed by atoms with Crippen molar-refractivity contribution in [1.29, 1.82) is 0 Å². The largest absolute Gasteiger partial charge is 0.491 e. The van der Waals surface area contributed by atoms with E-state index in [0.717, 1.165) is 42.4 Å². The molecule has 248 valence electrons. The van der Waals surface area contributed by atoms with Crippen LogP contribution in [0.5, 0.6) is 5.75 Å². The zero-order chi connectivity index (χ0) is 34.4. The maximum absolute atomic E-state index is 13.9. The maximum Gasteiger partial charge on any atom is 0.201 e. The minimum Gasteiger partial charge on any atom is -0.491 e. The number of nitrogens with zero attached hydrogens (tertiary/aromatic N) is 4. The van der Waals surface area contributed by atoms with Crippen molar-refractivity contribution < 1.29 is 17.9 Å². The number of halogens is 3. The summed E-state index contributed by atoms with van der Waals surface area (Å²) in [5.74, 6) is -2.39. The molecule has 0 radical (unpaired) electrons. The van der Waals surface area contributed by atoms with Crippen molar-refractivity contribution >= 4 is 24.9 Å². The molecule has 0 unspecified atom stereocenters. The monoisotopic (exact) mass is 650 g/mol. The Kier molecular flexibility index (Phi) is 16.6. The number of hydrogen-bond acceptors (Lipinski definition) is 5. The van der Waals surface area contributed by atoms with Crippen LogP contribution in [0.1, 0.15) is 67.0 Å². The number of benzene rings is 4. The lowest BCUT2D eigenvalue weighted by Gasteiger charge is -2.05. The van der Waals surface area contributed by atoms with Crippen LogP contribution in [0.25, 0.3) is 0 Å². The highest BCUT2D eigenvalue weighted by molar-refractivity contribution is 5.83. The third-order valence-corrected chi connectivity index (χ3v) is 6.83. The van der Waals surface area contributed by atoms with Crippen LogP contribution in [-0.4, -0.2) is 31.5 Å². The zero-order valence-electron chi connectivity index (χ0n) is 27.6. The second kappa shape index (κ2) is 21.4. The Labute approximate surface area is 281 Å². The lowest BCUT2D eigenvalue weighted by Crippen LogP contribution is -2.00. The summed E-state index contributed by atoms with van der Waals surface area (Å²) in [6, 6.07) is 25.1. The molecule has 4 aromatic carbocycles. The van der Waals surface area contributed by atoms with Gasteiger partial charge < -0.3 is 4.74 Å². The summed E-state index contributed by atoms with van der Waals surface area (Å²) in [4.78, 5) is 0. The average molecular weight is 651 g/mol. The molecule has 0 saturated carbocycles. The molecule has 8 heteroatoms. The number of hydrogen-bond donors (Lipinski definition) is 0. The molecule has 0 bridgehead atoms. The summed E-state index contributed by atoms with van der Waals surface area (Å²) >= 11 is 0. The minimum absolute atomic E-state index is 0.0161. The molecule has 0 N–H and O–H groups in total. The van der Waals surface area contributed by atoms with Gasteiger partial charge in [-0.15, -0.1) is 0 Å². The van der Waals surface area contributed by atoms with E-state index in [4.69, 9.17) is 4.74 Å². The summed E-state index contributed by atoms with van der Waals surface area (Å²) < 4.78 is 45.4. The van der Waals surface area contributed by atoms with Crippen molar-refractivity contribution in [1.82, 2.24) is 0 Å². The first-order valence-electron chi connectivity index (χ1n) is 15.8. The Morgan fingerprint density at radius 1 is 0.542 bits per heavy atom. The SMILES string of the molecule is CC=CCCc1ccc(C=NN=Cc2ccc(F)cc2)cc1.CC=CCCc1ccc(C=NN=Cc2ccc(OCC)c(F)c2F)cc1. The van der Waals surface area contributed by atoms with Crippen molar-refractivity contribution in [2.45, 2.75) is 46.5 Å². The van der Waals surface area contributed by atoms with Gasteiger partial charge in [-0.1, -0.05) is 85.0 Å². The number of rotatable bonds is 14. The highest BCUT2D eigenvalue weighted by atomic mass is 19.2. The van der Waals surface area contributed by atoms with Crippen LogP contribution in [0.15, 0.2) is 130 Å². The van der Waals surface area contributed by atoms with Crippen molar-refractivity contribution in [3.8, 4) is 5.75 Å². The molecule has 4 aromatic rings. The summed E-state index contributed by atoms with van der Waals surface area (Å²) in [7, 11) is 0. The normalized spacial score (nSPS) is 11.9. The van der Waals surface area contributed by atoms with Gasteiger partial charge in [-0.3, -0.25) is 0 Å². The quantitative estimate of drug-likeness (QED) is 0.0761. The third kappa shape index (κ3) is 13.5. The van der Waals surface area contributed by atoms with Crippen LogP contribution >= 0.6 is 0 Å². The molecule has 48 heavy (non-hydrogen) atoms. The molecule has 0 saturated heterocycles. The van der Waals surface area contributed by atoms with Crippen LogP contribution in [0.4, 0.5) is 13.2 Å². The van der Waals surface area contributed by atoms with Gasteiger partial charge in [-0.2, -0.15) is 24.8 Å². The molecule has 0 amide bonds. The lowest BCUT2D eigenvalue weighted by molar-refractivity contribution is 0.314. The van der Waals surface area contributed by atoms with Crippen molar-refractivity contribution in [2.75, 3.05) is 6.61 Å². The molecule has 0 heterocycles. The topological polar surface area (TPSA) is 58.7 Å². The fourth-order valence-corrected chi connectivity index (χ4v) is 4.23. The molecule has 0 aromatic heterocycles. The Balaban J connectivity index is 0.000000264. The Bertz CT molecular complexity index is 1710. The second-order valence-electron chi connectivity index (χ2n) is 10.4. The van der Waals surface area contributed by atoms with Crippen molar-refractivity contribution in [2.24, 2.45) is 20.4 Å². The number of allylic oxidation sites excluding steroid dienone is 4. The van der Waals surface area contributed by atoms with E-state index in [1.165, 1.54) is 41.6 Å². The van der Waals surface area contributed by atoms with Gasteiger partial charge in [0.05, 0.1) is 31.5 Å². The van der Waals surface area contributed by atoms with Gasteiger partial charge in [-0.05, 0) is 98.5 Å². The smallest absolute Gasteiger partial charge is 0.201 e. The highest BCUT2D eigenvalue weighted by Crippen LogP contribution is 2.22. The first kappa shape index (κ1) is 37.1. The van der Waals surface area contributed by atoms with Gasteiger partial charge in [0, 0.05) is 5.56 Å². The van der Waals surface area contributed by atoms with Crippen LogP contribution in [-0.2, 0) is 12.8 Å². The van der Waals surface area contributed by atoms with Gasteiger partial charge in [0.1, 0.15) is 5.82 Å². The van der Waals surface area contributed by atoms with E-state index in [1.54, 1.807) is 37.7 Å². The van der Waals surface area contributed by atoms with E-state index in [0.29, 0.717) is 0 Å². The van der Waals surface area contributed by atoms with Gasteiger partial charge in [0.25, 0.3) is 0 Å². The molecular weight excluding hydrogens is 609 g/mol. The Morgan fingerprint density at radius 3 is 1.42 bits per heavy atom. The molecule has 0 fully saturated rings. The highest BCUT2D eigenvalue weighted by Gasteiger charge is 2.12. The first-order valence-corrected chi connectivity index (χ1v) is 15.8.